The van der Waals surface area contributed by atoms with Crippen LogP contribution in [0, 0.1) is 0 Å². The molecule has 0 amide bonds. The Kier molecular flexibility index (Phi) is 10.8. The quantitative estimate of drug-likeness (QED) is 0.212. The molecule has 172 valence electrons. The Morgan fingerprint density at radius 1 is 1.19 bits per heavy atom. The third-order valence-electron chi connectivity index (χ3n) is 4.50. The van der Waals surface area contributed by atoms with Gasteiger partial charge in [-0.3, -0.25) is 0 Å². The summed E-state index contributed by atoms with van der Waals surface area (Å²) in [6.07, 6.45) is 2.69. The number of hydrogen-bond donors (Lipinski definition) is 2. The van der Waals surface area contributed by atoms with Crippen molar-refractivity contribution in [3.05, 3.63) is 71.3 Å². The second-order valence-electron chi connectivity index (χ2n) is 7.32. The van der Waals surface area contributed by atoms with Crippen LogP contribution in [-0.2, 0) is 19.5 Å². The third kappa shape index (κ3) is 8.31. The summed E-state index contributed by atoms with van der Waals surface area (Å²) in [4.78, 5) is 4.70. The van der Waals surface area contributed by atoms with E-state index in [0.717, 1.165) is 35.2 Å². The molecule has 32 heavy (non-hydrogen) atoms. The molecular formula is C23H30ClIN6O. The minimum Gasteiger partial charge on any atom is -0.491 e. The molecule has 0 fully saturated rings. The molecule has 0 bridgehead atoms. The number of nitrogens with one attached hydrogen (secondary N) is 2. The highest BCUT2D eigenvalue weighted by Gasteiger charge is 2.06. The standard InChI is InChI=1S/C23H29ClN6O.HI/c1-4-30-16-27-29-22(30)15-26-23(25-13-12-18-6-5-7-19(24)14-18)28-20-8-10-21(11-9-20)31-17(2)3;/h5-11,14,16-17H,4,12-13,15H2,1-3H3,(H2,25,26,28);1H. The van der Waals surface area contributed by atoms with Gasteiger partial charge in [-0.05, 0) is 69.2 Å². The zero-order chi connectivity index (χ0) is 22.1. The molecule has 1 heterocycles. The number of aromatic nitrogens is 3. The van der Waals surface area contributed by atoms with Crippen molar-refractivity contribution in [2.75, 3.05) is 11.9 Å². The van der Waals surface area contributed by atoms with Crippen LogP contribution >= 0.6 is 35.6 Å². The Hall–Kier alpha value is -2.33. The number of hydrogen-bond acceptors (Lipinski definition) is 4. The zero-order valence-electron chi connectivity index (χ0n) is 18.6. The Balaban J connectivity index is 0.00000363. The first-order chi connectivity index (χ1) is 15.0. The van der Waals surface area contributed by atoms with Crippen LogP contribution < -0.4 is 15.4 Å². The largest absolute Gasteiger partial charge is 0.491 e. The molecule has 2 N–H and O–H groups in total. The summed E-state index contributed by atoms with van der Waals surface area (Å²) < 4.78 is 7.69. The van der Waals surface area contributed by atoms with Crippen LogP contribution in [0.5, 0.6) is 5.75 Å². The average Bonchev–Trinajstić information content (AvgIpc) is 3.20. The molecule has 0 aliphatic rings. The molecule has 0 unspecified atom stereocenters. The second kappa shape index (κ2) is 13.3. The molecule has 7 nitrogen and oxygen atoms in total. The molecule has 1 aromatic heterocycles. The minimum atomic E-state index is 0. The topological polar surface area (TPSA) is 76.4 Å². The predicted octanol–water partition coefficient (Wildman–Crippen LogP) is 5.16. The molecular weight excluding hydrogens is 539 g/mol. The lowest BCUT2D eigenvalue weighted by Gasteiger charge is -2.14. The fourth-order valence-electron chi connectivity index (χ4n) is 3.00. The molecule has 3 rings (SSSR count). The number of guanidine groups is 1. The number of nitrogens with zero attached hydrogens (tertiary/aromatic N) is 4. The second-order valence-corrected chi connectivity index (χ2v) is 7.76. The van der Waals surface area contributed by atoms with Gasteiger partial charge in [-0.15, -0.1) is 34.2 Å². The van der Waals surface area contributed by atoms with Crippen LogP contribution in [0.2, 0.25) is 5.02 Å². The molecule has 0 atom stereocenters. The van der Waals surface area contributed by atoms with Crippen molar-refractivity contribution in [1.29, 1.82) is 0 Å². The molecule has 0 saturated heterocycles. The van der Waals surface area contributed by atoms with Gasteiger partial charge in [0, 0.05) is 23.8 Å². The number of benzene rings is 2. The van der Waals surface area contributed by atoms with Crippen molar-refractivity contribution in [2.24, 2.45) is 4.99 Å². The fourth-order valence-corrected chi connectivity index (χ4v) is 3.21. The van der Waals surface area contributed by atoms with Crippen molar-refractivity contribution >= 4 is 47.2 Å². The van der Waals surface area contributed by atoms with E-state index in [4.69, 9.17) is 21.3 Å². The molecule has 9 heteroatoms. The number of anilines is 1. The summed E-state index contributed by atoms with van der Waals surface area (Å²) in [6, 6.07) is 15.7. The SMILES string of the molecule is CCn1cnnc1CN=C(NCCc1cccc(Cl)c1)Nc1ccc(OC(C)C)cc1.I. The van der Waals surface area contributed by atoms with Crippen molar-refractivity contribution in [3.63, 3.8) is 0 Å². The van der Waals surface area contributed by atoms with E-state index < -0.39 is 0 Å². The lowest BCUT2D eigenvalue weighted by atomic mass is 10.1. The summed E-state index contributed by atoms with van der Waals surface area (Å²) in [7, 11) is 0. The maximum atomic E-state index is 6.09. The predicted molar refractivity (Wildman–Crippen MR) is 141 cm³/mol. The first kappa shape index (κ1) is 25.9. The molecule has 0 spiro atoms. The maximum absolute atomic E-state index is 6.09. The lowest BCUT2D eigenvalue weighted by Crippen LogP contribution is -2.32. The van der Waals surface area contributed by atoms with Crippen LogP contribution in [0.25, 0.3) is 0 Å². The fraction of sp³-hybridized carbons (Fsp3) is 0.348. The van der Waals surface area contributed by atoms with E-state index in [9.17, 15) is 0 Å². The van der Waals surface area contributed by atoms with Gasteiger partial charge in [0.25, 0.3) is 0 Å². The summed E-state index contributed by atoms with van der Waals surface area (Å²) in [5.41, 5.74) is 2.09. The molecule has 3 aromatic rings. The van der Waals surface area contributed by atoms with E-state index in [0.29, 0.717) is 19.0 Å². The van der Waals surface area contributed by atoms with Crippen LogP contribution in [0.1, 0.15) is 32.2 Å². The van der Waals surface area contributed by atoms with E-state index in [-0.39, 0.29) is 30.1 Å². The minimum absolute atomic E-state index is 0. The van der Waals surface area contributed by atoms with Gasteiger partial charge in [0.05, 0.1) is 6.10 Å². The Morgan fingerprint density at radius 2 is 1.97 bits per heavy atom. The number of aryl methyl sites for hydroxylation is 1. The Bertz CT molecular complexity index is 990. The van der Waals surface area contributed by atoms with Crippen molar-refractivity contribution < 1.29 is 4.74 Å². The highest BCUT2D eigenvalue weighted by Crippen LogP contribution is 2.17. The number of aliphatic imine (C=N–C) groups is 1. The van der Waals surface area contributed by atoms with Gasteiger partial charge >= 0.3 is 0 Å². The van der Waals surface area contributed by atoms with E-state index >= 15 is 0 Å². The summed E-state index contributed by atoms with van der Waals surface area (Å²) in [5.74, 6) is 2.33. The number of ether oxygens (including phenoxy) is 1. The molecule has 0 aliphatic heterocycles. The third-order valence-corrected chi connectivity index (χ3v) is 4.73. The van der Waals surface area contributed by atoms with Gasteiger partial charge in [0.15, 0.2) is 11.8 Å². The van der Waals surface area contributed by atoms with Crippen molar-refractivity contribution in [2.45, 2.75) is 46.4 Å². The van der Waals surface area contributed by atoms with Crippen molar-refractivity contribution in [1.82, 2.24) is 20.1 Å². The monoisotopic (exact) mass is 568 g/mol. The van der Waals surface area contributed by atoms with Gasteiger partial charge < -0.3 is 19.9 Å². The zero-order valence-corrected chi connectivity index (χ0v) is 21.7. The van der Waals surface area contributed by atoms with Crippen LogP contribution in [-0.4, -0.2) is 33.4 Å². The number of rotatable bonds is 9. The summed E-state index contributed by atoms with van der Waals surface area (Å²) in [6.45, 7) is 8.02. The summed E-state index contributed by atoms with van der Waals surface area (Å²) in [5, 5.41) is 15.6. The van der Waals surface area contributed by atoms with E-state index in [1.165, 1.54) is 5.56 Å². The molecule has 0 radical (unpaired) electrons. The van der Waals surface area contributed by atoms with Crippen LogP contribution in [0.4, 0.5) is 5.69 Å². The highest BCUT2D eigenvalue weighted by atomic mass is 127. The first-order valence-corrected chi connectivity index (χ1v) is 10.8. The smallest absolute Gasteiger partial charge is 0.196 e. The highest BCUT2D eigenvalue weighted by molar-refractivity contribution is 14.0. The van der Waals surface area contributed by atoms with Gasteiger partial charge in [-0.1, -0.05) is 23.7 Å². The van der Waals surface area contributed by atoms with Gasteiger partial charge in [-0.2, -0.15) is 0 Å². The van der Waals surface area contributed by atoms with Crippen LogP contribution in [0.3, 0.4) is 0 Å². The normalized spacial score (nSPS) is 11.2. The maximum Gasteiger partial charge on any atom is 0.196 e. The molecule has 0 saturated carbocycles. The van der Waals surface area contributed by atoms with E-state index in [1.807, 2.05) is 60.9 Å². The Morgan fingerprint density at radius 3 is 2.66 bits per heavy atom. The van der Waals surface area contributed by atoms with E-state index in [2.05, 4.69) is 33.8 Å². The van der Waals surface area contributed by atoms with E-state index in [1.54, 1.807) is 6.33 Å². The van der Waals surface area contributed by atoms with Crippen molar-refractivity contribution in [3.8, 4) is 5.75 Å². The molecule has 2 aromatic carbocycles. The van der Waals surface area contributed by atoms with Crippen LogP contribution in [0.15, 0.2) is 59.9 Å². The lowest BCUT2D eigenvalue weighted by molar-refractivity contribution is 0.242. The van der Waals surface area contributed by atoms with Gasteiger partial charge in [-0.25, -0.2) is 4.99 Å². The van der Waals surface area contributed by atoms with Gasteiger partial charge in [0.2, 0.25) is 0 Å². The summed E-state index contributed by atoms with van der Waals surface area (Å²) >= 11 is 6.09. The Labute approximate surface area is 211 Å². The van der Waals surface area contributed by atoms with Gasteiger partial charge in [0.1, 0.15) is 18.6 Å². The molecule has 0 aliphatic carbocycles. The average molecular weight is 569 g/mol. The number of halogens is 2. The first-order valence-electron chi connectivity index (χ1n) is 10.5.